The zero-order chi connectivity index (χ0) is 48.1. The maximum Gasteiger partial charge on any atom is 0.249 e. The van der Waals surface area contributed by atoms with Crippen LogP contribution in [0.1, 0.15) is 290 Å². The Kier molecular flexibility index (Phi) is 44.5. The molecule has 0 aromatic heterocycles. The Labute approximate surface area is 407 Å². The van der Waals surface area contributed by atoms with E-state index in [9.17, 15) is 35.4 Å². The molecule has 1 aliphatic heterocycles. The number of unbranched alkanes of at least 4 members (excludes halogenated alkanes) is 39. The fourth-order valence-electron chi connectivity index (χ4n) is 9.64. The molecule has 394 valence electrons. The number of aliphatic hydroxyl groups is 6. The van der Waals surface area contributed by atoms with Crippen LogP contribution in [0.5, 0.6) is 0 Å². The van der Waals surface area contributed by atoms with Crippen LogP contribution in [0.2, 0.25) is 0 Å². The third kappa shape index (κ3) is 35.3. The predicted molar refractivity (Wildman–Crippen MR) is 274 cm³/mol. The van der Waals surface area contributed by atoms with Crippen LogP contribution >= 0.6 is 0 Å². The van der Waals surface area contributed by atoms with Crippen molar-refractivity contribution in [2.24, 2.45) is 0 Å². The Hall–Kier alpha value is -0.850. The second-order valence-corrected chi connectivity index (χ2v) is 20.6. The molecule has 10 nitrogen and oxygen atoms in total. The molecule has 1 aliphatic rings. The molecule has 0 aromatic carbocycles. The molecule has 1 saturated heterocycles. The summed E-state index contributed by atoms with van der Waals surface area (Å²) in [6.07, 6.45) is 44.6. The molecule has 0 saturated carbocycles. The van der Waals surface area contributed by atoms with Crippen molar-refractivity contribution in [2.45, 2.75) is 339 Å². The van der Waals surface area contributed by atoms with E-state index in [4.69, 9.17) is 9.47 Å². The first-order valence-corrected chi connectivity index (χ1v) is 28.8. The van der Waals surface area contributed by atoms with Crippen molar-refractivity contribution >= 4 is 5.91 Å². The third-order valence-electron chi connectivity index (χ3n) is 14.3. The smallest absolute Gasteiger partial charge is 0.249 e. The van der Waals surface area contributed by atoms with E-state index >= 15 is 0 Å². The second-order valence-electron chi connectivity index (χ2n) is 20.6. The Morgan fingerprint density at radius 2 is 0.758 bits per heavy atom. The normalized spacial score (nSPS) is 20.2. The molecule has 1 rings (SSSR count). The number of hydrogen-bond donors (Lipinski definition) is 7. The number of aliphatic hydroxyl groups excluding tert-OH is 6. The van der Waals surface area contributed by atoms with Gasteiger partial charge in [-0.2, -0.15) is 0 Å². The van der Waals surface area contributed by atoms with Crippen LogP contribution in [0.4, 0.5) is 0 Å². The molecular formula is C56H111NO9. The molecule has 10 heteroatoms. The van der Waals surface area contributed by atoms with Crippen LogP contribution < -0.4 is 5.32 Å². The minimum absolute atomic E-state index is 0.250. The van der Waals surface area contributed by atoms with Gasteiger partial charge in [0, 0.05) is 0 Å². The van der Waals surface area contributed by atoms with Gasteiger partial charge in [-0.3, -0.25) is 4.79 Å². The molecule has 7 N–H and O–H groups in total. The summed E-state index contributed by atoms with van der Waals surface area (Å²) in [4.78, 5) is 13.1. The average molecular weight is 943 g/mol. The summed E-state index contributed by atoms with van der Waals surface area (Å²) in [7, 11) is 0. The summed E-state index contributed by atoms with van der Waals surface area (Å²) in [5.74, 6) is -0.577. The highest BCUT2D eigenvalue weighted by Gasteiger charge is 2.44. The van der Waals surface area contributed by atoms with Crippen LogP contribution in [0.25, 0.3) is 0 Å². The van der Waals surface area contributed by atoms with Gasteiger partial charge in [0.25, 0.3) is 0 Å². The Bertz CT molecular complexity index is 1020. The van der Waals surface area contributed by atoms with Crippen molar-refractivity contribution in [3.8, 4) is 0 Å². The molecule has 0 radical (unpaired) electrons. The minimum Gasteiger partial charge on any atom is -0.394 e. The van der Waals surface area contributed by atoms with E-state index < -0.39 is 61.5 Å². The summed E-state index contributed by atoms with van der Waals surface area (Å²) in [5, 5.41) is 65.1. The van der Waals surface area contributed by atoms with E-state index in [0.29, 0.717) is 12.8 Å². The lowest BCUT2D eigenvalue weighted by atomic mass is 9.99. The molecule has 1 heterocycles. The zero-order valence-electron chi connectivity index (χ0n) is 43.3. The molecule has 0 spiro atoms. The van der Waals surface area contributed by atoms with Gasteiger partial charge >= 0.3 is 0 Å². The fraction of sp³-hybridized carbons (Fsp3) is 0.982. The van der Waals surface area contributed by atoms with Crippen LogP contribution in [0.3, 0.4) is 0 Å². The van der Waals surface area contributed by atoms with E-state index in [1.165, 1.54) is 225 Å². The zero-order valence-corrected chi connectivity index (χ0v) is 43.3. The SMILES string of the molecule is CCCCCCCCCCCCCCCCCCCCCCCCCCCCCC(O)C(=O)NC(COC1OC(CO)C(O)C(O)C1O)C(O)CCCCCCCCCCCCCCCC. The standard InChI is InChI=1S/C56H111NO9/c1-3-5-7-9-11-13-15-17-19-20-21-22-23-24-25-26-27-28-29-30-31-33-35-37-39-41-43-45-50(60)55(64)57-48(47-65-56-54(63)53(62)52(61)51(46-58)66-56)49(59)44-42-40-38-36-34-32-18-16-14-12-10-8-6-4-2/h48-54,56,58-63H,3-47H2,1-2H3,(H,57,64). The fourth-order valence-corrected chi connectivity index (χ4v) is 9.64. The highest BCUT2D eigenvalue weighted by Crippen LogP contribution is 2.23. The number of carbonyl (C=O) groups is 1. The summed E-state index contributed by atoms with van der Waals surface area (Å²) in [6, 6.07) is -0.889. The topological polar surface area (TPSA) is 169 Å². The lowest BCUT2D eigenvalue weighted by Crippen LogP contribution is -2.60. The van der Waals surface area contributed by atoms with E-state index in [1.54, 1.807) is 0 Å². The van der Waals surface area contributed by atoms with Crippen molar-refractivity contribution in [3.63, 3.8) is 0 Å². The number of rotatable bonds is 50. The molecule has 1 fully saturated rings. The summed E-state index contributed by atoms with van der Waals surface area (Å²) < 4.78 is 11.2. The lowest BCUT2D eigenvalue weighted by Gasteiger charge is -2.40. The van der Waals surface area contributed by atoms with E-state index in [1.807, 2.05) is 0 Å². The Morgan fingerprint density at radius 1 is 0.455 bits per heavy atom. The largest absolute Gasteiger partial charge is 0.394 e. The Balaban J connectivity index is 2.18. The van der Waals surface area contributed by atoms with Gasteiger partial charge in [0.15, 0.2) is 6.29 Å². The van der Waals surface area contributed by atoms with Crippen molar-refractivity contribution < 1.29 is 44.9 Å². The maximum absolute atomic E-state index is 13.1. The van der Waals surface area contributed by atoms with Gasteiger partial charge in [0.1, 0.15) is 30.5 Å². The predicted octanol–water partition coefficient (Wildman–Crippen LogP) is 12.8. The molecule has 8 atom stereocenters. The first-order chi connectivity index (χ1) is 32.3. The van der Waals surface area contributed by atoms with Gasteiger partial charge in [-0.15, -0.1) is 0 Å². The Morgan fingerprint density at radius 3 is 1.08 bits per heavy atom. The quantitative estimate of drug-likeness (QED) is 0.0294. The van der Waals surface area contributed by atoms with Gasteiger partial charge in [-0.05, 0) is 12.8 Å². The molecular weight excluding hydrogens is 831 g/mol. The molecule has 66 heavy (non-hydrogen) atoms. The van der Waals surface area contributed by atoms with Crippen molar-refractivity contribution in [2.75, 3.05) is 13.2 Å². The number of ether oxygens (including phenoxy) is 2. The summed E-state index contributed by atoms with van der Waals surface area (Å²) in [6.45, 7) is 3.71. The van der Waals surface area contributed by atoms with Gasteiger partial charge in [0.05, 0.1) is 25.4 Å². The van der Waals surface area contributed by atoms with Gasteiger partial charge in [-0.1, -0.05) is 277 Å². The average Bonchev–Trinajstić information content (AvgIpc) is 3.32. The summed E-state index contributed by atoms with van der Waals surface area (Å²) >= 11 is 0. The number of carbonyl (C=O) groups excluding carboxylic acids is 1. The highest BCUT2D eigenvalue weighted by atomic mass is 16.7. The molecule has 0 bridgehead atoms. The number of hydrogen-bond acceptors (Lipinski definition) is 9. The van der Waals surface area contributed by atoms with Crippen LogP contribution in [-0.4, -0.2) is 98.7 Å². The monoisotopic (exact) mass is 942 g/mol. The van der Waals surface area contributed by atoms with Crippen molar-refractivity contribution in [1.29, 1.82) is 0 Å². The van der Waals surface area contributed by atoms with Crippen molar-refractivity contribution in [3.05, 3.63) is 0 Å². The van der Waals surface area contributed by atoms with Crippen LogP contribution in [-0.2, 0) is 14.3 Å². The third-order valence-corrected chi connectivity index (χ3v) is 14.3. The minimum atomic E-state index is -1.59. The molecule has 1 amide bonds. The number of amides is 1. The molecule has 0 aromatic rings. The lowest BCUT2D eigenvalue weighted by molar-refractivity contribution is -0.302. The number of nitrogens with one attached hydrogen (secondary N) is 1. The highest BCUT2D eigenvalue weighted by molar-refractivity contribution is 5.80. The first kappa shape index (κ1) is 63.2. The van der Waals surface area contributed by atoms with Crippen molar-refractivity contribution in [1.82, 2.24) is 5.32 Å². The van der Waals surface area contributed by atoms with E-state index in [-0.39, 0.29) is 6.61 Å². The van der Waals surface area contributed by atoms with Crippen LogP contribution in [0.15, 0.2) is 0 Å². The van der Waals surface area contributed by atoms with Gasteiger partial charge < -0.3 is 45.4 Å². The molecule has 0 aliphatic carbocycles. The first-order valence-electron chi connectivity index (χ1n) is 28.8. The summed E-state index contributed by atoms with van der Waals surface area (Å²) in [5.41, 5.74) is 0. The van der Waals surface area contributed by atoms with Gasteiger partial charge in [0.2, 0.25) is 5.91 Å². The van der Waals surface area contributed by atoms with E-state index in [2.05, 4.69) is 19.2 Å². The van der Waals surface area contributed by atoms with Gasteiger partial charge in [-0.25, -0.2) is 0 Å². The second kappa shape index (κ2) is 46.5. The van der Waals surface area contributed by atoms with E-state index in [0.717, 1.165) is 38.5 Å². The van der Waals surface area contributed by atoms with Crippen LogP contribution in [0, 0.1) is 0 Å². The molecule has 8 unspecified atom stereocenters. The maximum atomic E-state index is 13.1.